The van der Waals surface area contributed by atoms with Crippen LogP contribution in [0.3, 0.4) is 0 Å². The Morgan fingerprint density at radius 1 is 0.472 bits per heavy atom. The molecule has 0 heterocycles. The van der Waals surface area contributed by atoms with Crippen LogP contribution in [0.4, 0.5) is 0 Å². The second-order valence-corrected chi connectivity index (χ2v) is 15.5. The van der Waals surface area contributed by atoms with Crippen LogP contribution in [-0.2, 0) is 14.3 Å². The lowest BCUT2D eigenvalue weighted by Crippen LogP contribution is -2.27. The fraction of sp³-hybridized carbons (Fsp3) is 0.816. The zero-order valence-corrected chi connectivity index (χ0v) is 35.5. The standard InChI is InChI=1S/C49H90O4/c1-3-5-7-9-11-13-15-17-19-21-22-23-24-25-26-27-29-31-33-35-37-39-41-43-45-52-47-48(46-50)53-49(51)44-42-40-38-36-34-32-30-28-20-18-16-14-12-10-8-6-4-2/h5,7,11,13,17,19,22-23,48,50H,3-4,6,8-10,12,14-16,18,20-21,24-47H2,1-2H3/b7-5-,13-11-,19-17-,23-22-. The predicted molar refractivity (Wildman–Crippen MR) is 233 cm³/mol. The zero-order valence-electron chi connectivity index (χ0n) is 35.5. The topological polar surface area (TPSA) is 55.8 Å². The summed E-state index contributed by atoms with van der Waals surface area (Å²) < 4.78 is 11.2. The summed E-state index contributed by atoms with van der Waals surface area (Å²) >= 11 is 0. The van der Waals surface area contributed by atoms with E-state index in [0.29, 0.717) is 19.6 Å². The normalized spacial score (nSPS) is 12.7. The Balaban J connectivity index is 3.40. The van der Waals surface area contributed by atoms with E-state index < -0.39 is 6.10 Å². The fourth-order valence-corrected chi connectivity index (χ4v) is 6.73. The summed E-state index contributed by atoms with van der Waals surface area (Å²) in [4.78, 5) is 12.2. The Morgan fingerprint density at radius 3 is 1.28 bits per heavy atom. The fourth-order valence-electron chi connectivity index (χ4n) is 6.73. The van der Waals surface area contributed by atoms with Crippen molar-refractivity contribution in [2.24, 2.45) is 0 Å². The zero-order chi connectivity index (χ0) is 38.4. The number of hydrogen-bond acceptors (Lipinski definition) is 4. The highest BCUT2D eigenvalue weighted by Gasteiger charge is 2.13. The molecule has 0 aromatic carbocycles. The summed E-state index contributed by atoms with van der Waals surface area (Å²) in [6.07, 6.45) is 60.4. The SMILES string of the molecule is CC/C=C\C/C=C\C/C=C\C/C=C\CCCCCCCCCCCCCOCC(CO)OC(=O)CCCCCCCCCCCCCCCCCCC. The van der Waals surface area contributed by atoms with Crippen molar-refractivity contribution >= 4 is 5.97 Å². The molecule has 0 rings (SSSR count). The van der Waals surface area contributed by atoms with Gasteiger partial charge >= 0.3 is 5.97 Å². The largest absolute Gasteiger partial charge is 0.457 e. The number of rotatable bonds is 43. The minimum absolute atomic E-state index is 0.171. The minimum atomic E-state index is -0.534. The van der Waals surface area contributed by atoms with Crippen LogP contribution < -0.4 is 0 Å². The van der Waals surface area contributed by atoms with Gasteiger partial charge in [-0.15, -0.1) is 0 Å². The quantitative estimate of drug-likeness (QED) is 0.0384. The van der Waals surface area contributed by atoms with Gasteiger partial charge in [-0.05, 0) is 51.4 Å². The molecule has 1 unspecified atom stereocenters. The first-order chi connectivity index (χ1) is 26.2. The summed E-state index contributed by atoms with van der Waals surface area (Å²) in [6.45, 7) is 5.26. The van der Waals surface area contributed by atoms with E-state index in [4.69, 9.17) is 9.47 Å². The van der Waals surface area contributed by atoms with Crippen molar-refractivity contribution in [1.82, 2.24) is 0 Å². The molecule has 0 fully saturated rings. The molecule has 0 amide bonds. The van der Waals surface area contributed by atoms with Crippen LogP contribution in [-0.4, -0.2) is 37.0 Å². The van der Waals surface area contributed by atoms with Gasteiger partial charge in [0, 0.05) is 13.0 Å². The van der Waals surface area contributed by atoms with Gasteiger partial charge in [-0.25, -0.2) is 0 Å². The van der Waals surface area contributed by atoms with E-state index in [-0.39, 0.29) is 12.6 Å². The Hall–Kier alpha value is -1.65. The molecule has 0 aromatic heterocycles. The van der Waals surface area contributed by atoms with Crippen molar-refractivity contribution < 1.29 is 19.4 Å². The van der Waals surface area contributed by atoms with E-state index in [0.717, 1.165) is 44.9 Å². The van der Waals surface area contributed by atoms with Crippen molar-refractivity contribution in [3.05, 3.63) is 48.6 Å². The highest BCUT2D eigenvalue weighted by Crippen LogP contribution is 2.15. The van der Waals surface area contributed by atoms with Gasteiger partial charge in [-0.3, -0.25) is 4.79 Å². The second-order valence-electron chi connectivity index (χ2n) is 15.5. The lowest BCUT2D eigenvalue weighted by atomic mass is 10.0. The van der Waals surface area contributed by atoms with Gasteiger partial charge in [0.1, 0.15) is 6.10 Å². The highest BCUT2D eigenvalue weighted by atomic mass is 16.6. The maximum absolute atomic E-state index is 12.2. The molecule has 0 saturated heterocycles. The Bertz CT molecular complexity index is 828. The van der Waals surface area contributed by atoms with Crippen LogP contribution in [0.25, 0.3) is 0 Å². The smallest absolute Gasteiger partial charge is 0.306 e. The lowest BCUT2D eigenvalue weighted by Gasteiger charge is -2.16. The van der Waals surface area contributed by atoms with E-state index in [9.17, 15) is 9.90 Å². The summed E-state index contributed by atoms with van der Waals surface area (Å²) in [5, 5.41) is 9.62. The van der Waals surface area contributed by atoms with E-state index in [1.54, 1.807) is 0 Å². The highest BCUT2D eigenvalue weighted by molar-refractivity contribution is 5.69. The van der Waals surface area contributed by atoms with E-state index >= 15 is 0 Å². The monoisotopic (exact) mass is 743 g/mol. The predicted octanol–water partition coefficient (Wildman–Crippen LogP) is 15.4. The summed E-state index contributed by atoms with van der Waals surface area (Å²) in [5.41, 5.74) is 0. The van der Waals surface area contributed by atoms with Crippen molar-refractivity contribution in [2.45, 2.75) is 238 Å². The molecule has 1 N–H and O–H groups in total. The molecule has 0 aromatic rings. The first-order valence-electron chi connectivity index (χ1n) is 23.2. The molecule has 0 saturated carbocycles. The van der Waals surface area contributed by atoms with Crippen molar-refractivity contribution in [2.75, 3.05) is 19.8 Å². The molecule has 0 bridgehead atoms. The van der Waals surface area contributed by atoms with Gasteiger partial charge in [0.15, 0.2) is 0 Å². The third kappa shape index (κ3) is 44.6. The third-order valence-electron chi connectivity index (χ3n) is 10.2. The summed E-state index contributed by atoms with van der Waals surface area (Å²) in [6, 6.07) is 0. The van der Waals surface area contributed by atoms with Gasteiger partial charge in [-0.2, -0.15) is 0 Å². The number of unbranched alkanes of at least 4 members (excludes halogenated alkanes) is 27. The van der Waals surface area contributed by atoms with Gasteiger partial charge in [-0.1, -0.05) is 223 Å². The van der Waals surface area contributed by atoms with Crippen LogP contribution in [0.15, 0.2) is 48.6 Å². The van der Waals surface area contributed by atoms with E-state index in [1.807, 2.05) is 0 Å². The molecular formula is C49H90O4. The van der Waals surface area contributed by atoms with Crippen molar-refractivity contribution in [3.8, 4) is 0 Å². The average Bonchev–Trinajstić information content (AvgIpc) is 3.16. The van der Waals surface area contributed by atoms with Gasteiger partial charge in [0.2, 0.25) is 0 Å². The molecule has 4 nitrogen and oxygen atoms in total. The first-order valence-corrected chi connectivity index (χ1v) is 23.2. The van der Waals surface area contributed by atoms with E-state index in [2.05, 4.69) is 62.5 Å². The first kappa shape index (κ1) is 51.4. The molecule has 53 heavy (non-hydrogen) atoms. The number of aliphatic hydroxyl groups excluding tert-OH is 1. The lowest BCUT2D eigenvalue weighted by molar-refractivity contribution is -0.154. The molecule has 0 aliphatic carbocycles. The molecule has 0 radical (unpaired) electrons. The maximum Gasteiger partial charge on any atom is 0.306 e. The average molecular weight is 743 g/mol. The number of allylic oxidation sites excluding steroid dienone is 8. The Labute approximate surface area is 331 Å². The number of ether oxygens (including phenoxy) is 2. The number of hydrogen-bond donors (Lipinski definition) is 1. The van der Waals surface area contributed by atoms with Crippen LogP contribution in [0.5, 0.6) is 0 Å². The van der Waals surface area contributed by atoms with Crippen LogP contribution in [0.2, 0.25) is 0 Å². The maximum atomic E-state index is 12.2. The van der Waals surface area contributed by atoms with Crippen molar-refractivity contribution in [1.29, 1.82) is 0 Å². The summed E-state index contributed by atoms with van der Waals surface area (Å²) in [5.74, 6) is -0.199. The van der Waals surface area contributed by atoms with Crippen molar-refractivity contribution in [3.63, 3.8) is 0 Å². The van der Waals surface area contributed by atoms with Crippen LogP contribution in [0, 0.1) is 0 Å². The number of esters is 1. The number of carbonyl (C=O) groups excluding carboxylic acids is 1. The van der Waals surface area contributed by atoms with Gasteiger partial charge in [0.05, 0.1) is 13.2 Å². The third-order valence-corrected chi connectivity index (χ3v) is 10.2. The summed E-state index contributed by atoms with van der Waals surface area (Å²) in [7, 11) is 0. The molecule has 0 spiro atoms. The molecule has 0 aliphatic heterocycles. The molecule has 310 valence electrons. The molecule has 4 heteroatoms. The molecular weight excluding hydrogens is 653 g/mol. The molecule has 0 aliphatic rings. The Morgan fingerprint density at radius 2 is 0.849 bits per heavy atom. The van der Waals surface area contributed by atoms with Crippen LogP contribution in [0.1, 0.15) is 232 Å². The van der Waals surface area contributed by atoms with Gasteiger partial charge < -0.3 is 14.6 Å². The minimum Gasteiger partial charge on any atom is -0.457 e. The number of aliphatic hydroxyl groups is 1. The van der Waals surface area contributed by atoms with Crippen LogP contribution >= 0.6 is 0 Å². The Kier molecular flexibility index (Phi) is 45.1. The van der Waals surface area contributed by atoms with Gasteiger partial charge in [0.25, 0.3) is 0 Å². The number of carbonyl (C=O) groups is 1. The second kappa shape index (κ2) is 46.5. The van der Waals surface area contributed by atoms with E-state index in [1.165, 1.54) is 167 Å². The molecule has 1 atom stereocenters.